The van der Waals surface area contributed by atoms with Crippen LogP contribution in [0.5, 0.6) is 0 Å². The number of anilines is 2. The Balaban J connectivity index is 2.43. The first-order valence-electron chi connectivity index (χ1n) is 5.91. The lowest BCUT2D eigenvalue weighted by Crippen LogP contribution is -2.28. The number of nitrogens with zero attached hydrogens (tertiary/aromatic N) is 3. The van der Waals surface area contributed by atoms with Gasteiger partial charge in [-0.1, -0.05) is 6.92 Å². The van der Waals surface area contributed by atoms with Gasteiger partial charge < -0.3 is 10.3 Å². The van der Waals surface area contributed by atoms with Crippen molar-refractivity contribution in [2.24, 2.45) is 11.8 Å². The highest BCUT2D eigenvalue weighted by molar-refractivity contribution is 5.62. The van der Waals surface area contributed by atoms with Crippen molar-refractivity contribution in [2.45, 2.75) is 26.3 Å². The number of hydrogen-bond acceptors (Lipinski definition) is 6. The summed E-state index contributed by atoms with van der Waals surface area (Å²) in [5.74, 6) is 6.64. The van der Waals surface area contributed by atoms with Gasteiger partial charge in [-0.25, -0.2) is 10.8 Å². The molecule has 0 aromatic carbocycles. The Morgan fingerprint density at radius 3 is 2.78 bits per heavy atom. The number of rotatable bonds is 3. The number of pyridine rings is 1. The van der Waals surface area contributed by atoms with E-state index in [0.717, 1.165) is 13.0 Å². The highest BCUT2D eigenvalue weighted by atomic mass is 16.6. The van der Waals surface area contributed by atoms with Gasteiger partial charge in [-0.3, -0.25) is 10.1 Å². The maximum Gasteiger partial charge on any atom is 0.311 e. The van der Waals surface area contributed by atoms with Gasteiger partial charge in [0.2, 0.25) is 5.82 Å². The van der Waals surface area contributed by atoms with Gasteiger partial charge in [0, 0.05) is 18.7 Å². The van der Waals surface area contributed by atoms with Crippen molar-refractivity contribution in [3.05, 3.63) is 22.2 Å². The summed E-state index contributed by atoms with van der Waals surface area (Å²) in [4.78, 5) is 16.9. The summed E-state index contributed by atoms with van der Waals surface area (Å²) >= 11 is 0. The average Bonchev–Trinajstić information content (AvgIpc) is 2.67. The third kappa shape index (κ3) is 2.21. The Bertz CT molecular complexity index is 465. The molecule has 3 N–H and O–H groups in total. The quantitative estimate of drug-likeness (QED) is 0.480. The predicted octanol–water partition coefficient (Wildman–Crippen LogP) is 1.51. The van der Waals surface area contributed by atoms with Gasteiger partial charge in [0.05, 0.1) is 4.92 Å². The molecule has 0 amide bonds. The standard InChI is InChI=1S/C11H17N5O2/c1-7-5-8(2)15(6-7)11-9(16(17)18)3-4-10(13-11)14-12/h3-4,7-8H,5-6,12H2,1-2H3,(H,13,14). The molecule has 2 rings (SSSR count). The maximum atomic E-state index is 11.1. The lowest BCUT2D eigenvalue weighted by molar-refractivity contribution is -0.384. The summed E-state index contributed by atoms with van der Waals surface area (Å²) in [6, 6.07) is 3.19. The van der Waals surface area contributed by atoms with E-state index in [2.05, 4.69) is 24.3 Å². The molecule has 7 nitrogen and oxygen atoms in total. The zero-order valence-electron chi connectivity index (χ0n) is 10.5. The van der Waals surface area contributed by atoms with Crippen LogP contribution in [0.4, 0.5) is 17.3 Å². The molecule has 7 heteroatoms. The number of aromatic nitrogens is 1. The van der Waals surface area contributed by atoms with Crippen LogP contribution in [0.15, 0.2) is 12.1 Å². The van der Waals surface area contributed by atoms with E-state index in [1.54, 1.807) is 0 Å². The van der Waals surface area contributed by atoms with E-state index in [-0.39, 0.29) is 11.7 Å². The molecule has 0 spiro atoms. The van der Waals surface area contributed by atoms with E-state index >= 15 is 0 Å². The molecule has 1 aliphatic heterocycles. The first-order valence-corrected chi connectivity index (χ1v) is 5.91. The van der Waals surface area contributed by atoms with Crippen LogP contribution in [-0.2, 0) is 0 Å². The van der Waals surface area contributed by atoms with Crippen molar-refractivity contribution in [3.8, 4) is 0 Å². The maximum absolute atomic E-state index is 11.1. The molecule has 0 radical (unpaired) electrons. The molecule has 2 atom stereocenters. The van der Waals surface area contributed by atoms with Crippen LogP contribution in [0.2, 0.25) is 0 Å². The minimum absolute atomic E-state index is 0.0231. The van der Waals surface area contributed by atoms with Crippen molar-refractivity contribution < 1.29 is 4.92 Å². The molecule has 0 aliphatic carbocycles. The number of nitro groups is 1. The Kier molecular flexibility index (Phi) is 3.33. The third-order valence-electron chi connectivity index (χ3n) is 3.26. The van der Waals surface area contributed by atoms with Crippen LogP contribution in [0.1, 0.15) is 20.3 Å². The molecule has 1 saturated heterocycles. The molecule has 0 saturated carbocycles. The van der Waals surface area contributed by atoms with Crippen LogP contribution in [0, 0.1) is 16.0 Å². The van der Waals surface area contributed by atoms with Crippen LogP contribution in [0.3, 0.4) is 0 Å². The number of hydrazine groups is 1. The second-order valence-corrected chi connectivity index (χ2v) is 4.78. The topological polar surface area (TPSA) is 97.3 Å². The van der Waals surface area contributed by atoms with Crippen LogP contribution >= 0.6 is 0 Å². The fourth-order valence-electron chi connectivity index (χ4n) is 2.47. The fourth-order valence-corrected chi connectivity index (χ4v) is 2.47. The van der Waals surface area contributed by atoms with Gasteiger partial charge in [-0.15, -0.1) is 0 Å². The SMILES string of the molecule is CC1CC(C)N(c2nc(NN)ccc2[N+](=O)[O-])C1. The molecule has 1 aromatic rings. The predicted molar refractivity (Wildman–Crippen MR) is 69.3 cm³/mol. The van der Waals surface area contributed by atoms with Gasteiger partial charge >= 0.3 is 5.69 Å². The second-order valence-electron chi connectivity index (χ2n) is 4.78. The first-order chi connectivity index (χ1) is 8.52. The molecule has 98 valence electrons. The summed E-state index contributed by atoms with van der Waals surface area (Å²) < 4.78 is 0. The van der Waals surface area contributed by atoms with Crippen molar-refractivity contribution in [1.29, 1.82) is 0 Å². The van der Waals surface area contributed by atoms with Crippen LogP contribution in [-0.4, -0.2) is 22.5 Å². The van der Waals surface area contributed by atoms with Gasteiger partial charge in [0.1, 0.15) is 5.82 Å². The molecule has 2 heterocycles. The lowest BCUT2D eigenvalue weighted by Gasteiger charge is -2.22. The Hall–Kier alpha value is -1.89. The Morgan fingerprint density at radius 2 is 2.28 bits per heavy atom. The number of nitrogens with one attached hydrogen (secondary N) is 1. The van der Waals surface area contributed by atoms with E-state index in [4.69, 9.17) is 5.84 Å². The Labute approximate surface area is 105 Å². The molecular weight excluding hydrogens is 234 g/mol. The zero-order chi connectivity index (χ0) is 13.3. The summed E-state index contributed by atoms with van der Waals surface area (Å²) in [6.45, 7) is 4.97. The van der Waals surface area contributed by atoms with E-state index in [0.29, 0.717) is 17.6 Å². The number of nitrogen functional groups attached to an aromatic ring is 1. The van der Waals surface area contributed by atoms with Crippen LogP contribution in [0.25, 0.3) is 0 Å². The average molecular weight is 251 g/mol. The molecular formula is C11H17N5O2. The number of nitrogens with two attached hydrogens (primary N) is 1. The minimum Gasteiger partial charge on any atom is -0.348 e. The van der Waals surface area contributed by atoms with E-state index in [1.165, 1.54) is 12.1 Å². The summed E-state index contributed by atoms with van der Waals surface area (Å²) in [5, 5.41) is 11.1. The van der Waals surface area contributed by atoms with Crippen molar-refractivity contribution in [3.63, 3.8) is 0 Å². The Morgan fingerprint density at radius 1 is 1.56 bits per heavy atom. The highest BCUT2D eigenvalue weighted by Crippen LogP contribution is 2.34. The molecule has 1 aromatic heterocycles. The molecule has 1 fully saturated rings. The molecule has 1 aliphatic rings. The van der Waals surface area contributed by atoms with Gasteiger partial charge in [0.15, 0.2) is 0 Å². The largest absolute Gasteiger partial charge is 0.348 e. The van der Waals surface area contributed by atoms with E-state index in [9.17, 15) is 10.1 Å². The minimum atomic E-state index is -0.404. The van der Waals surface area contributed by atoms with Gasteiger partial charge in [0.25, 0.3) is 0 Å². The molecule has 2 unspecified atom stereocenters. The van der Waals surface area contributed by atoms with Crippen LogP contribution < -0.4 is 16.2 Å². The summed E-state index contributed by atoms with van der Waals surface area (Å²) in [5.41, 5.74) is 2.45. The molecule has 0 bridgehead atoms. The van der Waals surface area contributed by atoms with E-state index in [1.807, 2.05) is 4.90 Å². The lowest BCUT2D eigenvalue weighted by atomic mass is 10.1. The number of hydrogen-bond donors (Lipinski definition) is 2. The van der Waals surface area contributed by atoms with Crippen molar-refractivity contribution >= 4 is 17.3 Å². The summed E-state index contributed by atoms with van der Waals surface area (Å²) in [6.07, 6.45) is 1.01. The van der Waals surface area contributed by atoms with Crippen molar-refractivity contribution in [2.75, 3.05) is 16.9 Å². The monoisotopic (exact) mass is 251 g/mol. The highest BCUT2D eigenvalue weighted by Gasteiger charge is 2.32. The normalized spacial score (nSPS) is 23.2. The molecule has 18 heavy (non-hydrogen) atoms. The zero-order valence-corrected chi connectivity index (χ0v) is 10.5. The van der Waals surface area contributed by atoms with E-state index < -0.39 is 4.92 Å². The van der Waals surface area contributed by atoms with Crippen molar-refractivity contribution in [1.82, 2.24) is 4.98 Å². The first kappa shape index (κ1) is 12.6. The third-order valence-corrected chi connectivity index (χ3v) is 3.26. The second kappa shape index (κ2) is 4.77. The fraction of sp³-hybridized carbons (Fsp3) is 0.545. The smallest absolute Gasteiger partial charge is 0.311 e. The summed E-state index contributed by atoms with van der Waals surface area (Å²) in [7, 11) is 0. The van der Waals surface area contributed by atoms with Gasteiger partial charge in [-0.2, -0.15) is 0 Å². The van der Waals surface area contributed by atoms with Gasteiger partial charge in [-0.05, 0) is 25.3 Å².